The van der Waals surface area contributed by atoms with Crippen molar-refractivity contribution in [2.24, 2.45) is 0 Å². The van der Waals surface area contributed by atoms with Gasteiger partial charge in [0, 0.05) is 19.4 Å². The van der Waals surface area contributed by atoms with Crippen molar-refractivity contribution in [2.45, 2.75) is 45.1 Å². The van der Waals surface area contributed by atoms with Crippen LogP contribution in [0.1, 0.15) is 49.3 Å². The minimum Gasteiger partial charge on any atom is -0.493 e. The third-order valence-electron chi connectivity index (χ3n) is 6.11. The van der Waals surface area contributed by atoms with Crippen molar-refractivity contribution in [1.82, 2.24) is 0 Å². The van der Waals surface area contributed by atoms with E-state index in [0.717, 1.165) is 37.0 Å². The summed E-state index contributed by atoms with van der Waals surface area (Å²) < 4.78 is 11.4. The quantitative estimate of drug-likeness (QED) is 0.408. The van der Waals surface area contributed by atoms with Gasteiger partial charge in [0.2, 0.25) is 0 Å². The zero-order valence-electron chi connectivity index (χ0n) is 19.7. The Balaban J connectivity index is 1.35. The monoisotopic (exact) mass is 456 g/mol. The molecule has 0 aliphatic heterocycles. The van der Waals surface area contributed by atoms with E-state index in [1.807, 2.05) is 31.2 Å². The Labute approximate surface area is 201 Å². The first-order valence-electron chi connectivity index (χ1n) is 12.1. The number of aliphatic carboxylic acids is 1. The van der Waals surface area contributed by atoms with Crippen LogP contribution in [0.3, 0.4) is 0 Å². The molecule has 0 amide bonds. The van der Waals surface area contributed by atoms with Crippen molar-refractivity contribution in [3.63, 3.8) is 0 Å². The van der Waals surface area contributed by atoms with Crippen LogP contribution in [0, 0.1) is 0 Å². The second-order valence-electron chi connectivity index (χ2n) is 8.60. The van der Waals surface area contributed by atoms with Gasteiger partial charge in [0.25, 0.3) is 0 Å². The van der Waals surface area contributed by atoms with E-state index in [9.17, 15) is 9.90 Å². The fourth-order valence-corrected chi connectivity index (χ4v) is 4.38. The smallest absolute Gasteiger partial charge is 0.333 e. The maximum absolute atomic E-state index is 11.4. The number of rotatable bonds is 10. The highest BCUT2D eigenvalue weighted by Crippen LogP contribution is 2.37. The normalized spacial score (nSPS) is 16.7. The fourth-order valence-electron chi connectivity index (χ4n) is 4.38. The molecule has 0 bridgehead atoms. The lowest BCUT2D eigenvalue weighted by Gasteiger charge is -2.15. The Morgan fingerprint density at radius 1 is 1.03 bits per heavy atom. The van der Waals surface area contributed by atoms with Gasteiger partial charge in [-0.15, -0.1) is 0 Å². The molecule has 1 N–H and O–H groups in total. The second kappa shape index (κ2) is 11.7. The summed E-state index contributed by atoms with van der Waals surface area (Å²) in [6.07, 6.45) is 14.5. The average Bonchev–Trinajstić information content (AvgIpc) is 3.02. The predicted octanol–water partition coefficient (Wildman–Crippen LogP) is 6.63. The molecular formula is C30H32O4. The largest absolute Gasteiger partial charge is 0.493 e. The van der Waals surface area contributed by atoms with E-state index in [-0.39, 0.29) is 0 Å². The summed E-state index contributed by atoms with van der Waals surface area (Å²) in [5.74, 6) is -0.148. The van der Waals surface area contributed by atoms with Crippen LogP contribution in [0.25, 0.3) is 11.1 Å². The summed E-state index contributed by atoms with van der Waals surface area (Å²) in [7, 11) is 0. The SMILES string of the molecule is CCCOC(Cc1ccc(OCCC=C2C=CC3=C(CCC=C3)c3ccccc32)cc1)C(=O)O. The van der Waals surface area contributed by atoms with Gasteiger partial charge in [-0.05, 0) is 64.8 Å². The summed E-state index contributed by atoms with van der Waals surface area (Å²) in [5.41, 5.74) is 7.50. The molecule has 34 heavy (non-hydrogen) atoms. The van der Waals surface area contributed by atoms with Crippen molar-refractivity contribution in [3.8, 4) is 5.75 Å². The molecule has 1 unspecified atom stereocenters. The number of carboxylic acid groups (broad SMARTS) is 1. The minimum atomic E-state index is -0.928. The number of hydrogen-bond donors (Lipinski definition) is 1. The molecule has 0 heterocycles. The molecule has 0 spiro atoms. The van der Waals surface area contributed by atoms with Gasteiger partial charge in [0.05, 0.1) is 6.61 Å². The van der Waals surface area contributed by atoms with Crippen LogP contribution < -0.4 is 4.74 Å². The van der Waals surface area contributed by atoms with Crippen LogP contribution in [0.4, 0.5) is 0 Å². The second-order valence-corrected chi connectivity index (χ2v) is 8.60. The molecule has 2 aliphatic rings. The van der Waals surface area contributed by atoms with E-state index in [2.05, 4.69) is 54.6 Å². The molecule has 2 aromatic rings. The van der Waals surface area contributed by atoms with Crippen LogP contribution in [-0.4, -0.2) is 30.4 Å². The molecule has 0 fully saturated rings. The number of carbonyl (C=O) groups is 1. The fraction of sp³-hybridized carbons (Fsp3) is 0.300. The maximum Gasteiger partial charge on any atom is 0.333 e. The number of carboxylic acids is 1. The maximum atomic E-state index is 11.4. The molecule has 4 rings (SSSR count). The lowest BCUT2D eigenvalue weighted by Crippen LogP contribution is -2.26. The molecule has 0 saturated carbocycles. The third-order valence-corrected chi connectivity index (χ3v) is 6.11. The molecule has 4 heteroatoms. The van der Waals surface area contributed by atoms with Crippen LogP contribution >= 0.6 is 0 Å². The Morgan fingerprint density at radius 3 is 2.59 bits per heavy atom. The Kier molecular flexibility index (Phi) is 8.16. The standard InChI is InChI=1S/C30H32O4/c1-2-19-34-29(30(31)32)21-22-13-17-25(18-14-22)33-20-7-9-24-16-15-23-8-3-4-10-26(23)28-12-6-5-11-27(24)28/h3,5-6,8-9,11-18,29H,2,4,7,10,19-21H2,1H3,(H,31,32). The molecule has 0 saturated heterocycles. The highest BCUT2D eigenvalue weighted by molar-refractivity contribution is 5.89. The topological polar surface area (TPSA) is 55.8 Å². The van der Waals surface area contributed by atoms with Gasteiger partial charge in [-0.1, -0.05) is 73.7 Å². The number of hydrogen-bond acceptors (Lipinski definition) is 3. The molecule has 1 atom stereocenters. The third kappa shape index (κ3) is 5.95. The lowest BCUT2D eigenvalue weighted by molar-refractivity contribution is -0.150. The zero-order chi connectivity index (χ0) is 23.8. The first-order chi connectivity index (χ1) is 16.7. The first kappa shape index (κ1) is 23.8. The first-order valence-corrected chi connectivity index (χ1v) is 12.1. The zero-order valence-corrected chi connectivity index (χ0v) is 19.7. The van der Waals surface area contributed by atoms with E-state index in [1.165, 1.54) is 27.8 Å². The van der Waals surface area contributed by atoms with Crippen molar-refractivity contribution >= 4 is 17.1 Å². The summed E-state index contributed by atoms with van der Waals surface area (Å²) in [5, 5.41) is 9.34. The highest BCUT2D eigenvalue weighted by Gasteiger charge is 2.18. The van der Waals surface area contributed by atoms with Crippen LogP contribution in [0.5, 0.6) is 5.75 Å². The van der Waals surface area contributed by atoms with Gasteiger partial charge >= 0.3 is 5.97 Å². The van der Waals surface area contributed by atoms with E-state index < -0.39 is 12.1 Å². The summed E-state index contributed by atoms with van der Waals surface area (Å²) in [4.78, 5) is 11.4. The average molecular weight is 457 g/mol. The molecule has 2 aliphatic carbocycles. The van der Waals surface area contributed by atoms with Gasteiger partial charge in [-0.25, -0.2) is 4.79 Å². The van der Waals surface area contributed by atoms with Gasteiger partial charge in [0.15, 0.2) is 6.10 Å². The molecular weight excluding hydrogens is 424 g/mol. The van der Waals surface area contributed by atoms with Crippen LogP contribution in [0.2, 0.25) is 0 Å². The summed E-state index contributed by atoms with van der Waals surface area (Å²) in [6, 6.07) is 16.3. The van der Waals surface area contributed by atoms with E-state index in [0.29, 0.717) is 19.6 Å². The number of fused-ring (bicyclic) bond motifs is 2. The van der Waals surface area contributed by atoms with Gasteiger partial charge < -0.3 is 14.6 Å². The van der Waals surface area contributed by atoms with Crippen molar-refractivity contribution in [3.05, 3.63) is 101 Å². The molecule has 4 nitrogen and oxygen atoms in total. The van der Waals surface area contributed by atoms with Crippen LogP contribution in [0.15, 0.2) is 84.5 Å². The number of allylic oxidation sites excluding steroid dienone is 7. The van der Waals surface area contributed by atoms with Crippen molar-refractivity contribution in [2.75, 3.05) is 13.2 Å². The molecule has 2 aromatic carbocycles. The van der Waals surface area contributed by atoms with E-state index in [1.54, 1.807) is 0 Å². The minimum absolute atomic E-state index is 0.348. The predicted molar refractivity (Wildman–Crippen MR) is 137 cm³/mol. The highest BCUT2D eigenvalue weighted by atomic mass is 16.5. The van der Waals surface area contributed by atoms with Gasteiger partial charge in [0.1, 0.15) is 5.75 Å². The van der Waals surface area contributed by atoms with Gasteiger partial charge in [-0.2, -0.15) is 0 Å². The summed E-state index contributed by atoms with van der Waals surface area (Å²) >= 11 is 0. The molecule has 176 valence electrons. The van der Waals surface area contributed by atoms with E-state index >= 15 is 0 Å². The number of ether oxygens (including phenoxy) is 2. The van der Waals surface area contributed by atoms with Crippen LogP contribution in [-0.2, 0) is 16.0 Å². The van der Waals surface area contributed by atoms with Crippen molar-refractivity contribution in [1.29, 1.82) is 0 Å². The Bertz CT molecular complexity index is 1120. The van der Waals surface area contributed by atoms with Gasteiger partial charge in [-0.3, -0.25) is 0 Å². The lowest BCUT2D eigenvalue weighted by atomic mass is 9.89. The Hall–Kier alpha value is -3.37. The number of benzene rings is 2. The molecule has 0 aromatic heterocycles. The molecule has 0 radical (unpaired) electrons. The Morgan fingerprint density at radius 2 is 1.82 bits per heavy atom. The van der Waals surface area contributed by atoms with Crippen molar-refractivity contribution < 1.29 is 19.4 Å². The summed E-state index contributed by atoms with van der Waals surface area (Å²) in [6.45, 7) is 2.99. The van der Waals surface area contributed by atoms with E-state index in [4.69, 9.17) is 9.47 Å².